The molecule has 0 N–H and O–H groups in total. The lowest BCUT2D eigenvalue weighted by atomic mass is 10.0. The van der Waals surface area contributed by atoms with Crippen molar-refractivity contribution in [1.29, 1.82) is 0 Å². The fraction of sp³-hybridized carbons (Fsp3) is 1.00. The van der Waals surface area contributed by atoms with E-state index in [9.17, 15) is 0 Å². The Bertz CT molecular complexity index is 188. The van der Waals surface area contributed by atoms with Crippen molar-refractivity contribution in [3.05, 3.63) is 0 Å². The third-order valence-electron chi connectivity index (χ3n) is 3.56. The van der Waals surface area contributed by atoms with E-state index < -0.39 is 3.41 Å². The van der Waals surface area contributed by atoms with Gasteiger partial charge >= 0.3 is 0 Å². The van der Waals surface area contributed by atoms with Crippen LogP contribution in [0.2, 0.25) is 0 Å². The molecule has 0 radical (unpaired) electrons. The van der Waals surface area contributed by atoms with Gasteiger partial charge in [0.1, 0.15) is 3.41 Å². The van der Waals surface area contributed by atoms with Crippen LogP contribution in [0.1, 0.15) is 70.6 Å². The van der Waals surface area contributed by atoms with E-state index in [4.69, 9.17) is 0 Å². The van der Waals surface area contributed by atoms with Gasteiger partial charge in [0.25, 0.3) is 0 Å². The van der Waals surface area contributed by atoms with Crippen LogP contribution in [0.25, 0.3) is 0 Å². The molecule has 0 unspecified atom stereocenters. The van der Waals surface area contributed by atoms with Gasteiger partial charge in [-0.2, -0.15) is 49.6 Å². The summed E-state index contributed by atoms with van der Waals surface area (Å²) < 4.78 is -0.422. The molecular formula is C14H28S4. The van der Waals surface area contributed by atoms with Crippen LogP contribution in [0.15, 0.2) is 0 Å². The Balaban J connectivity index is 2.27. The van der Waals surface area contributed by atoms with Gasteiger partial charge in [0.05, 0.1) is 0 Å². The molecule has 4 heteroatoms. The molecule has 0 spiro atoms. The highest BCUT2D eigenvalue weighted by Crippen LogP contribution is 2.33. The van der Waals surface area contributed by atoms with Gasteiger partial charge in [-0.05, 0) is 12.8 Å². The van der Waals surface area contributed by atoms with Gasteiger partial charge < -0.3 is 0 Å². The molecule has 0 bridgehead atoms. The van der Waals surface area contributed by atoms with Crippen LogP contribution in [0.5, 0.6) is 0 Å². The molecule has 1 aliphatic rings. The van der Waals surface area contributed by atoms with Crippen LogP contribution >= 0.6 is 49.6 Å². The smallest absolute Gasteiger partial charge is 0.107 e. The van der Waals surface area contributed by atoms with E-state index in [-0.39, 0.29) is 0 Å². The van der Waals surface area contributed by atoms with Crippen LogP contribution in [0.4, 0.5) is 0 Å². The van der Waals surface area contributed by atoms with Gasteiger partial charge in [0.15, 0.2) is 0 Å². The Hall–Kier alpha value is 1.40. The van der Waals surface area contributed by atoms with Crippen molar-refractivity contribution in [3.63, 3.8) is 0 Å². The predicted molar refractivity (Wildman–Crippen MR) is 96.7 cm³/mol. The van der Waals surface area contributed by atoms with Crippen molar-refractivity contribution in [1.82, 2.24) is 0 Å². The van der Waals surface area contributed by atoms with E-state index in [1.54, 1.807) is 0 Å². The number of hydrogen-bond acceptors (Lipinski definition) is 4. The molecule has 0 aromatic rings. The second kappa shape index (κ2) is 10.2. The van der Waals surface area contributed by atoms with Gasteiger partial charge in [-0.15, -0.1) is 0 Å². The SMILES string of the molecule is SC(S)(S)CSC1CCCCCCCCCCC1. The first-order valence-electron chi connectivity index (χ1n) is 7.37. The molecule has 0 nitrogen and oxygen atoms in total. The van der Waals surface area contributed by atoms with E-state index in [1.165, 1.54) is 70.6 Å². The summed E-state index contributed by atoms with van der Waals surface area (Å²) in [7, 11) is 0. The van der Waals surface area contributed by atoms with Crippen LogP contribution in [-0.2, 0) is 0 Å². The second-order valence-electron chi connectivity index (χ2n) is 5.47. The summed E-state index contributed by atoms with van der Waals surface area (Å²) >= 11 is 15.2. The summed E-state index contributed by atoms with van der Waals surface area (Å²) in [5.41, 5.74) is 0. The Morgan fingerprint density at radius 2 is 1.11 bits per heavy atom. The minimum Gasteiger partial charge on any atom is -0.155 e. The zero-order valence-corrected chi connectivity index (χ0v) is 14.8. The maximum Gasteiger partial charge on any atom is 0.107 e. The molecule has 0 aromatic carbocycles. The van der Waals surface area contributed by atoms with Crippen molar-refractivity contribution in [2.24, 2.45) is 0 Å². The van der Waals surface area contributed by atoms with Crippen LogP contribution in [0, 0.1) is 0 Å². The summed E-state index contributed by atoms with van der Waals surface area (Å²) in [6, 6.07) is 0. The molecule has 0 atom stereocenters. The molecule has 18 heavy (non-hydrogen) atoms. The molecule has 1 rings (SSSR count). The quantitative estimate of drug-likeness (QED) is 0.433. The highest BCUT2D eigenvalue weighted by atomic mass is 32.2. The minimum absolute atomic E-state index is 0.422. The van der Waals surface area contributed by atoms with Gasteiger partial charge in [0.2, 0.25) is 0 Å². The standard InChI is InChI=1S/C14H28S4/c15-14(16,17)12-18-13-10-8-6-4-2-1-3-5-7-9-11-13/h13,15-17H,1-12H2. The normalized spacial score (nSPS) is 22.2. The second-order valence-corrected chi connectivity index (χ2v) is 10.1. The lowest BCUT2D eigenvalue weighted by molar-refractivity contribution is 0.510. The minimum atomic E-state index is -0.422. The third-order valence-corrected chi connectivity index (χ3v) is 6.22. The van der Waals surface area contributed by atoms with E-state index in [2.05, 4.69) is 37.9 Å². The van der Waals surface area contributed by atoms with Gasteiger partial charge in [-0.1, -0.05) is 57.8 Å². The molecule has 0 heterocycles. The molecule has 0 aliphatic heterocycles. The monoisotopic (exact) mass is 324 g/mol. The van der Waals surface area contributed by atoms with Crippen molar-refractivity contribution in [3.8, 4) is 0 Å². The molecule has 1 fully saturated rings. The van der Waals surface area contributed by atoms with Crippen LogP contribution in [0.3, 0.4) is 0 Å². The largest absolute Gasteiger partial charge is 0.155 e. The lowest BCUT2D eigenvalue weighted by Gasteiger charge is -2.21. The molecule has 0 aromatic heterocycles. The van der Waals surface area contributed by atoms with E-state index >= 15 is 0 Å². The number of thioether (sulfide) groups is 1. The number of thiol groups is 3. The fourth-order valence-electron chi connectivity index (χ4n) is 2.52. The zero-order chi connectivity index (χ0) is 13.3. The Kier molecular flexibility index (Phi) is 9.86. The maximum atomic E-state index is 4.38. The van der Waals surface area contributed by atoms with Crippen LogP contribution in [-0.4, -0.2) is 14.4 Å². The van der Waals surface area contributed by atoms with Crippen molar-refractivity contribution < 1.29 is 0 Å². The lowest BCUT2D eigenvalue weighted by Crippen LogP contribution is -2.12. The summed E-state index contributed by atoms with van der Waals surface area (Å²) in [6.07, 6.45) is 15.6. The van der Waals surface area contributed by atoms with Crippen molar-refractivity contribution in [2.75, 3.05) is 5.75 Å². The summed E-state index contributed by atoms with van der Waals surface area (Å²) in [5, 5.41) is 0.801. The Morgan fingerprint density at radius 3 is 1.50 bits per heavy atom. The summed E-state index contributed by atoms with van der Waals surface area (Å²) in [5.74, 6) is 0.924. The maximum absolute atomic E-state index is 4.38. The highest BCUT2D eigenvalue weighted by molar-refractivity contribution is 8.18. The molecular weight excluding hydrogens is 296 g/mol. The first-order valence-corrected chi connectivity index (χ1v) is 9.76. The first kappa shape index (κ1) is 17.5. The molecule has 1 aliphatic carbocycles. The van der Waals surface area contributed by atoms with E-state index in [0.717, 1.165) is 11.0 Å². The zero-order valence-electron chi connectivity index (χ0n) is 11.3. The third kappa shape index (κ3) is 10.2. The topological polar surface area (TPSA) is 0 Å². The highest BCUT2D eigenvalue weighted by Gasteiger charge is 2.18. The molecule has 0 amide bonds. The molecule has 0 saturated heterocycles. The Labute approximate surface area is 134 Å². The molecule has 108 valence electrons. The Morgan fingerprint density at radius 1 is 0.722 bits per heavy atom. The number of hydrogen-bond donors (Lipinski definition) is 3. The summed E-state index contributed by atoms with van der Waals surface area (Å²) in [6.45, 7) is 0. The van der Waals surface area contributed by atoms with Crippen molar-refractivity contribution >= 4 is 49.6 Å². The van der Waals surface area contributed by atoms with Crippen LogP contribution < -0.4 is 0 Å². The number of rotatable bonds is 3. The molecule has 1 saturated carbocycles. The van der Waals surface area contributed by atoms with Crippen molar-refractivity contribution in [2.45, 2.75) is 79.3 Å². The summed E-state index contributed by atoms with van der Waals surface area (Å²) in [4.78, 5) is 0. The van der Waals surface area contributed by atoms with Gasteiger partial charge in [0, 0.05) is 11.0 Å². The average molecular weight is 325 g/mol. The van der Waals surface area contributed by atoms with Gasteiger partial charge in [-0.3, -0.25) is 0 Å². The first-order chi connectivity index (χ1) is 8.58. The average Bonchev–Trinajstić information content (AvgIpc) is 2.27. The van der Waals surface area contributed by atoms with E-state index in [0.29, 0.717) is 0 Å². The fourth-order valence-corrected chi connectivity index (χ4v) is 4.32. The van der Waals surface area contributed by atoms with E-state index in [1.807, 2.05) is 11.8 Å². The van der Waals surface area contributed by atoms with Gasteiger partial charge in [-0.25, -0.2) is 0 Å². The predicted octanol–water partition coefficient (Wildman–Crippen LogP) is 5.84.